The van der Waals surface area contributed by atoms with Crippen LogP contribution in [-0.2, 0) is 0 Å². The van der Waals surface area contributed by atoms with Gasteiger partial charge >= 0.3 is 0 Å². The molecule has 0 atom stereocenters. The van der Waals surface area contributed by atoms with Crippen molar-refractivity contribution >= 4 is 22.6 Å². The topological polar surface area (TPSA) is 41.6 Å². The van der Waals surface area contributed by atoms with Gasteiger partial charge in [-0.3, -0.25) is 4.98 Å². The van der Waals surface area contributed by atoms with E-state index in [0.29, 0.717) is 5.28 Å². The van der Waals surface area contributed by atoms with E-state index in [4.69, 9.17) is 11.6 Å². The molecule has 0 aliphatic carbocycles. The SMILES string of the molecule is Cc1ccccc1-c1ncccc1-c1cccc2[nH]c(Cl)nc12. The zero-order chi connectivity index (χ0) is 15.8. The molecule has 0 unspecified atom stereocenters. The number of rotatable bonds is 2. The molecule has 2 heterocycles. The van der Waals surface area contributed by atoms with E-state index in [-0.39, 0.29) is 0 Å². The van der Waals surface area contributed by atoms with Crippen molar-refractivity contribution in [1.82, 2.24) is 15.0 Å². The molecule has 0 amide bonds. The Kier molecular flexibility index (Phi) is 3.36. The summed E-state index contributed by atoms with van der Waals surface area (Å²) in [7, 11) is 0. The molecule has 0 aliphatic heterocycles. The Balaban J connectivity index is 2.02. The third-order valence-corrected chi connectivity index (χ3v) is 4.16. The number of nitrogens with zero attached hydrogens (tertiary/aromatic N) is 2. The van der Waals surface area contributed by atoms with E-state index in [9.17, 15) is 0 Å². The predicted molar refractivity (Wildman–Crippen MR) is 94.5 cm³/mol. The molecule has 1 N–H and O–H groups in total. The summed E-state index contributed by atoms with van der Waals surface area (Å²) >= 11 is 6.04. The molecule has 0 fully saturated rings. The number of pyridine rings is 1. The Morgan fingerprint density at radius 1 is 0.870 bits per heavy atom. The minimum Gasteiger partial charge on any atom is -0.329 e. The van der Waals surface area contributed by atoms with E-state index in [1.807, 2.05) is 36.5 Å². The van der Waals surface area contributed by atoms with E-state index in [0.717, 1.165) is 33.4 Å². The smallest absolute Gasteiger partial charge is 0.201 e. The van der Waals surface area contributed by atoms with Crippen LogP contribution in [0.3, 0.4) is 0 Å². The largest absolute Gasteiger partial charge is 0.329 e. The third-order valence-electron chi connectivity index (χ3n) is 3.98. The molecule has 0 aliphatic rings. The number of para-hydroxylation sites is 1. The van der Waals surface area contributed by atoms with Crippen LogP contribution in [0, 0.1) is 6.92 Å². The first-order chi connectivity index (χ1) is 11.2. The Labute approximate surface area is 139 Å². The Bertz CT molecular complexity index is 1000. The quantitative estimate of drug-likeness (QED) is 0.548. The molecule has 0 spiro atoms. The lowest BCUT2D eigenvalue weighted by atomic mass is 9.96. The number of fused-ring (bicyclic) bond motifs is 1. The summed E-state index contributed by atoms with van der Waals surface area (Å²) in [6.45, 7) is 2.10. The van der Waals surface area contributed by atoms with Crippen molar-refractivity contribution in [1.29, 1.82) is 0 Å². The minimum absolute atomic E-state index is 0.397. The average Bonchev–Trinajstić information content (AvgIpc) is 2.95. The molecule has 2 aromatic carbocycles. The van der Waals surface area contributed by atoms with E-state index >= 15 is 0 Å². The fourth-order valence-corrected chi connectivity index (χ4v) is 3.08. The normalized spacial score (nSPS) is 11.0. The number of aryl methyl sites for hydroxylation is 1. The number of aromatic amines is 1. The van der Waals surface area contributed by atoms with E-state index in [2.05, 4.69) is 46.1 Å². The third kappa shape index (κ3) is 2.39. The number of hydrogen-bond donors (Lipinski definition) is 1. The van der Waals surface area contributed by atoms with Gasteiger partial charge < -0.3 is 4.98 Å². The maximum Gasteiger partial charge on any atom is 0.201 e. The number of H-pyrrole nitrogens is 1. The van der Waals surface area contributed by atoms with Gasteiger partial charge in [0.25, 0.3) is 0 Å². The summed E-state index contributed by atoms with van der Waals surface area (Å²) in [5, 5.41) is 0.397. The van der Waals surface area contributed by atoms with Crippen LogP contribution in [0.25, 0.3) is 33.4 Å². The molecular weight excluding hydrogens is 306 g/mol. The fourth-order valence-electron chi connectivity index (χ4n) is 2.90. The molecule has 4 rings (SSSR count). The van der Waals surface area contributed by atoms with Crippen molar-refractivity contribution in [3.63, 3.8) is 0 Å². The molecule has 0 saturated heterocycles. The van der Waals surface area contributed by atoms with Crippen LogP contribution in [-0.4, -0.2) is 15.0 Å². The van der Waals surface area contributed by atoms with Crippen LogP contribution >= 0.6 is 11.6 Å². The molecule has 0 bridgehead atoms. The van der Waals surface area contributed by atoms with Crippen molar-refractivity contribution < 1.29 is 0 Å². The second-order valence-electron chi connectivity index (χ2n) is 5.44. The summed E-state index contributed by atoms with van der Waals surface area (Å²) < 4.78 is 0. The summed E-state index contributed by atoms with van der Waals surface area (Å²) in [5.41, 5.74) is 7.14. The summed E-state index contributed by atoms with van der Waals surface area (Å²) in [5.74, 6) is 0. The number of benzene rings is 2. The number of aromatic nitrogens is 3. The van der Waals surface area contributed by atoms with E-state index in [1.165, 1.54) is 5.56 Å². The van der Waals surface area contributed by atoms with Gasteiger partial charge in [-0.2, -0.15) is 0 Å². The Hall–Kier alpha value is -2.65. The van der Waals surface area contributed by atoms with Gasteiger partial charge in [-0.1, -0.05) is 42.5 Å². The van der Waals surface area contributed by atoms with Gasteiger partial charge in [0.15, 0.2) is 0 Å². The zero-order valence-corrected chi connectivity index (χ0v) is 13.3. The minimum atomic E-state index is 0.397. The van der Waals surface area contributed by atoms with Crippen LogP contribution in [0.1, 0.15) is 5.56 Å². The van der Waals surface area contributed by atoms with Gasteiger partial charge in [0.05, 0.1) is 16.7 Å². The lowest BCUT2D eigenvalue weighted by Crippen LogP contribution is -1.91. The highest BCUT2D eigenvalue weighted by Gasteiger charge is 2.14. The van der Waals surface area contributed by atoms with Gasteiger partial charge in [-0.05, 0) is 36.2 Å². The second kappa shape index (κ2) is 5.52. The number of hydrogen-bond acceptors (Lipinski definition) is 2. The first kappa shape index (κ1) is 14.0. The van der Waals surface area contributed by atoms with Gasteiger partial charge in [0.2, 0.25) is 5.28 Å². The van der Waals surface area contributed by atoms with Crippen LogP contribution < -0.4 is 0 Å². The summed E-state index contributed by atoms with van der Waals surface area (Å²) in [6.07, 6.45) is 1.82. The zero-order valence-electron chi connectivity index (χ0n) is 12.5. The van der Waals surface area contributed by atoms with Crippen LogP contribution in [0.5, 0.6) is 0 Å². The monoisotopic (exact) mass is 319 g/mol. The van der Waals surface area contributed by atoms with Crippen molar-refractivity contribution in [3.05, 3.63) is 71.6 Å². The number of nitrogens with one attached hydrogen (secondary N) is 1. The molecule has 4 aromatic rings. The standard InChI is InChI=1S/C19H14ClN3/c1-12-6-2-3-7-13(12)17-14(9-5-11-21-17)15-8-4-10-16-18(15)23-19(20)22-16/h2-11H,1H3,(H,22,23). The number of imidazole rings is 1. The highest BCUT2D eigenvalue weighted by molar-refractivity contribution is 6.29. The Morgan fingerprint density at radius 3 is 2.52 bits per heavy atom. The summed E-state index contributed by atoms with van der Waals surface area (Å²) in [6, 6.07) is 18.3. The molecular formula is C19H14ClN3. The van der Waals surface area contributed by atoms with Crippen molar-refractivity contribution in [3.8, 4) is 22.4 Å². The fraction of sp³-hybridized carbons (Fsp3) is 0.0526. The van der Waals surface area contributed by atoms with E-state index < -0.39 is 0 Å². The highest BCUT2D eigenvalue weighted by Crippen LogP contribution is 2.35. The summed E-state index contributed by atoms with van der Waals surface area (Å²) in [4.78, 5) is 12.1. The van der Waals surface area contributed by atoms with Gasteiger partial charge in [-0.25, -0.2) is 4.98 Å². The van der Waals surface area contributed by atoms with Gasteiger partial charge in [0, 0.05) is 22.9 Å². The maximum atomic E-state index is 6.04. The van der Waals surface area contributed by atoms with Gasteiger partial charge in [-0.15, -0.1) is 0 Å². The molecule has 112 valence electrons. The first-order valence-corrected chi connectivity index (χ1v) is 7.77. The molecule has 0 saturated carbocycles. The van der Waals surface area contributed by atoms with Crippen molar-refractivity contribution in [2.45, 2.75) is 6.92 Å². The number of halogens is 1. The first-order valence-electron chi connectivity index (χ1n) is 7.39. The molecule has 23 heavy (non-hydrogen) atoms. The average molecular weight is 320 g/mol. The van der Waals surface area contributed by atoms with Crippen LogP contribution in [0.15, 0.2) is 60.8 Å². The lowest BCUT2D eigenvalue weighted by molar-refractivity contribution is 1.30. The Morgan fingerprint density at radius 2 is 1.65 bits per heavy atom. The second-order valence-corrected chi connectivity index (χ2v) is 5.80. The van der Waals surface area contributed by atoms with Crippen LogP contribution in [0.2, 0.25) is 5.28 Å². The van der Waals surface area contributed by atoms with Gasteiger partial charge in [0.1, 0.15) is 0 Å². The molecule has 0 radical (unpaired) electrons. The van der Waals surface area contributed by atoms with Crippen molar-refractivity contribution in [2.75, 3.05) is 0 Å². The molecule has 4 heteroatoms. The van der Waals surface area contributed by atoms with Crippen LogP contribution in [0.4, 0.5) is 0 Å². The highest BCUT2D eigenvalue weighted by atomic mass is 35.5. The molecule has 2 aromatic heterocycles. The lowest BCUT2D eigenvalue weighted by Gasteiger charge is -2.11. The van der Waals surface area contributed by atoms with E-state index in [1.54, 1.807) is 0 Å². The predicted octanol–water partition coefficient (Wildman–Crippen LogP) is 5.25. The molecule has 3 nitrogen and oxygen atoms in total. The van der Waals surface area contributed by atoms with Crippen molar-refractivity contribution in [2.24, 2.45) is 0 Å². The maximum absolute atomic E-state index is 6.04.